The zero-order chi connectivity index (χ0) is 17.6. The number of amides is 1. The largest absolute Gasteiger partial charge is 0.496 e. The van der Waals surface area contributed by atoms with Crippen molar-refractivity contribution in [2.75, 3.05) is 19.4 Å². The molecule has 0 unspecified atom stereocenters. The molecule has 1 heterocycles. The van der Waals surface area contributed by atoms with Crippen LogP contribution in [0, 0.1) is 0 Å². The Morgan fingerprint density at radius 2 is 2.16 bits per heavy atom. The molecule has 130 valence electrons. The minimum atomic E-state index is 0.00296. The van der Waals surface area contributed by atoms with E-state index in [0.29, 0.717) is 6.54 Å². The second-order valence-electron chi connectivity index (χ2n) is 5.40. The van der Waals surface area contributed by atoms with E-state index in [0.717, 1.165) is 26.6 Å². The van der Waals surface area contributed by atoms with Gasteiger partial charge in [-0.25, -0.2) is 0 Å². The molecule has 0 saturated heterocycles. The number of fused-ring (bicyclic) bond motifs is 1. The topological polar surface area (TPSA) is 38.3 Å². The van der Waals surface area contributed by atoms with Crippen molar-refractivity contribution < 1.29 is 9.53 Å². The third-order valence-corrected chi connectivity index (χ3v) is 6.14. The second kappa shape index (κ2) is 8.74. The van der Waals surface area contributed by atoms with Crippen LogP contribution in [0.3, 0.4) is 0 Å². The zero-order valence-electron chi connectivity index (χ0n) is 13.8. The number of methoxy groups -OCH3 is 1. The highest BCUT2D eigenvalue weighted by Crippen LogP contribution is 2.32. The fraction of sp³-hybridized carbons (Fsp3) is 0.211. The van der Waals surface area contributed by atoms with Crippen molar-refractivity contribution in [1.29, 1.82) is 0 Å². The van der Waals surface area contributed by atoms with Gasteiger partial charge in [0.25, 0.3) is 5.91 Å². The van der Waals surface area contributed by atoms with Crippen LogP contribution in [0.5, 0.6) is 5.75 Å². The third kappa shape index (κ3) is 4.57. The second-order valence-corrected chi connectivity index (χ2v) is 8.37. The number of ether oxygens (including phenoxy) is 1. The Morgan fingerprint density at radius 1 is 1.28 bits per heavy atom. The summed E-state index contributed by atoms with van der Waals surface area (Å²) < 4.78 is 6.60. The molecule has 0 aliphatic carbocycles. The highest BCUT2D eigenvalue weighted by atomic mass is 79.9. The maximum atomic E-state index is 11.9. The molecule has 25 heavy (non-hydrogen) atoms. The average molecular weight is 436 g/mol. The van der Waals surface area contributed by atoms with Crippen LogP contribution in [-0.2, 0) is 5.75 Å². The molecule has 3 aromatic rings. The van der Waals surface area contributed by atoms with Crippen LogP contribution in [0.25, 0.3) is 10.8 Å². The number of carbonyl (C=O) groups is 1. The van der Waals surface area contributed by atoms with Crippen molar-refractivity contribution in [3.05, 3.63) is 62.8 Å². The summed E-state index contributed by atoms with van der Waals surface area (Å²) in [7, 11) is 1.70. The molecule has 3 nitrogen and oxygen atoms in total. The van der Waals surface area contributed by atoms with Gasteiger partial charge in [-0.1, -0.05) is 34.1 Å². The molecule has 3 rings (SSSR count). The first-order chi connectivity index (χ1) is 12.2. The number of carbonyl (C=O) groups excluding carboxylic acids is 1. The molecule has 0 aliphatic rings. The molecular formula is C19H18BrNO2S2. The van der Waals surface area contributed by atoms with Crippen LogP contribution < -0.4 is 10.1 Å². The molecule has 0 atom stereocenters. The monoisotopic (exact) mass is 435 g/mol. The number of rotatable bonds is 7. The van der Waals surface area contributed by atoms with Gasteiger partial charge < -0.3 is 10.1 Å². The van der Waals surface area contributed by atoms with E-state index < -0.39 is 0 Å². The first-order valence-electron chi connectivity index (χ1n) is 7.83. The first-order valence-corrected chi connectivity index (χ1v) is 10.7. The van der Waals surface area contributed by atoms with Crippen molar-refractivity contribution >= 4 is 55.7 Å². The maximum Gasteiger partial charge on any atom is 0.261 e. The summed E-state index contributed by atoms with van der Waals surface area (Å²) in [4.78, 5) is 12.7. The van der Waals surface area contributed by atoms with E-state index in [1.165, 1.54) is 27.7 Å². The van der Waals surface area contributed by atoms with Gasteiger partial charge in [-0.15, -0.1) is 11.3 Å². The summed E-state index contributed by atoms with van der Waals surface area (Å²) in [5.41, 5.74) is 1.20. The van der Waals surface area contributed by atoms with Crippen molar-refractivity contribution in [3.63, 3.8) is 0 Å². The number of thioether (sulfide) groups is 1. The summed E-state index contributed by atoms with van der Waals surface area (Å²) in [6.07, 6.45) is 0. The van der Waals surface area contributed by atoms with E-state index in [4.69, 9.17) is 4.74 Å². The van der Waals surface area contributed by atoms with E-state index in [1.54, 1.807) is 18.9 Å². The Balaban J connectivity index is 1.60. The van der Waals surface area contributed by atoms with Crippen LogP contribution in [0.1, 0.15) is 15.2 Å². The van der Waals surface area contributed by atoms with Crippen molar-refractivity contribution in [2.45, 2.75) is 5.75 Å². The lowest BCUT2D eigenvalue weighted by Gasteiger charge is -2.12. The van der Waals surface area contributed by atoms with Crippen LogP contribution in [0.2, 0.25) is 0 Å². The van der Waals surface area contributed by atoms with E-state index in [9.17, 15) is 4.79 Å². The molecule has 1 amide bonds. The van der Waals surface area contributed by atoms with Crippen molar-refractivity contribution in [2.24, 2.45) is 0 Å². The molecule has 0 saturated carbocycles. The highest BCUT2D eigenvalue weighted by Gasteiger charge is 2.09. The quantitative estimate of drug-likeness (QED) is 0.509. The van der Waals surface area contributed by atoms with Gasteiger partial charge in [0, 0.05) is 28.1 Å². The number of hydrogen-bond donors (Lipinski definition) is 1. The zero-order valence-corrected chi connectivity index (χ0v) is 17.0. The molecular weight excluding hydrogens is 418 g/mol. The van der Waals surface area contributed by atoms with Gasteiger partial charge in [0.1, 0.15) is 5.75 Å². The lowest BCUT2D eigenvalue weighted by atomic mass is 10.0. The molecule has 0 bridgehead atoms. The molecule has 0 spiro atoms. The Labute approximate surface area is 163 Å². The maximum absolute atomic E-state index is 11.9. The Morgan fingerprint density at radius 3 is 2.92 bits per heavy atom. The Kier molecular flexibility index (Phi) is 6.39. The molecule has 0 radical (unpaired) electrons. The average Bonchev–Trinajstić information content (AvgIpc) is 3.15. The normalized spacial score (nSPS) is 10.8. The molecule has 0 fully saturated rings. The lowest BCUT2D eigenvalue weighted by molar-refractivity contribution is 0.0960. The van der Waals surface area contributed by atoms with Crippen molar-refractivity contribution in [3.8, 4) is 5.75 Å². The number of hydrogen-bond acceptors (Lipinski definition) is 4. The van der Waals surface area contributed by atoms with Crippen LogP contribution in [0.15, 0.2) is 52.3 Å². The molecule has 2 aromatic carbocycles. The van der Waals surface area contributed by atoms with Crippen LogP contribution in [0.4, 0.5) is 0 Å². The lowest BCUT2D eigenvalue weighted by Crippen LogP contribution is -2.24. The first kappa shape index (κ1) is 18.3. The van der Waals surface area contributed by atoms with Crippen LogP contribution >= 0.6 is 39.0 Å². The predicted molar refractivity (Wildman–Crippen MR) is 111 cm³/mol. The van der Waals surface area contributed by atoms with E-state index >= 15 is 0 Å². The summed E-state index contributed by atoms with van der Waals surface area (Å²) in [5.74, 6) is 2.61. The minimum absolute atomic E-state index is 0.00296. The van der Waals surface area contributed by atoms with Gasteiger partial charge in [0.15, 0.2) is 0 Å². The summed E-state index contributed by atoms with van der Waals surface area (Å²) in [5, 5.41) is 7.27. The SMILES string of the molecule is COc1ccc2cc(Br)ccc2c1CSCCNC(=O)c1cccs1. The Hall–Kier alpha value is -1.50. The highest BCUT2D eigenvalue weighted by molar-refractivity contribution is 9.10. The van der Waals surface area contributed by atoms with Gasteiger partial charge in [-0.3, -0.25) is 4.79 Å². The van der Waals surface area contributed by atoms with Gasteiger partial charge in [0.05, 0.1) is 12.0 Å². The Bertz CT molecular complexity index is 865. The van der Waals surface area contributed by atoms with E-state index in [2.05, 4.69) is 45.5 Å². The smallest absolute Gasteiger partial charge is 0.261 e. The number of nitrogens with one attached hydrogen (secondary N) is 1. The third-order valence-electron chi connectivity index (χ3n) is 3.79. The summed E-state index contributed by atoms with van der Waals surface area (Å²) >= 11 is 6.77. The molecule has 6 heteroatoms. The van der Waals surface area contributed by atoms with Crippen LogP contribution in [-0.4, -0.2) is 25.3 Å². The molecule has 1 N–H and O–H groups in total. The van der Waals surface area contributed by atoms with E-state index in [-0.39, 0.29) is 5.91 Å². The molecule has 1 aromatic heterocycles. The number of halogens is 1. The number of thiophene rings is 1. The molecule has 0 aliphatic heterocycles. The van der Waals surface area contributed by atoms with Gasteiger partial charge in [-0.05, 0) is 40.4 Å². The van der Waals surface area contributed by atoms with Gasteiger partial charge in [0.2, 0.25) is 0 Å². The summed E-state index contributed by atoms with van der Waals surface area (Å²) in [6.45, 7) is 0.653. The van der Waals surface area contributed by atoms with Gasteiger partial charge >= 0.3 is 0 Å². The number of benzene rings is 2. The fourth-order valence-electron chi connectivity index (χ4n) is 2.59. The van der Waals surface area contributed by atoms with E-state index in [1.807, 2.05) is 23.6 Å². The standard InChI is InChI=1S/C19H18BrNO2S2/c1-23-17-7-4-13-11-14(20)5-6-15(13)16(17)12-24-10-8-21-19(22)18-3-2-9-25-18/h2-7,9,11H,8,10,12H2,1H3,(H,21,22). The summed E-state index contributed by atoms with van der Waals surface area (Å²) in [6, 6.07) is 14.1. The fourth-order valence-corrected chi connectivity index (χ4v) is 4.50. The van der Waals surface area contributed by atoms with Gasteiger partial charge in [-0.2, -0.15) is 11.8 Å². The minimum Gasteiger partial charge on any atom is -0.496 e. The van der Waals surface area contributed by atoms with Crippen molar-refractivity contribution in [1.82, 2.24) is 5.32 Å². The predicted octanol–water partition coefficient (Wildman–Crippen LogP) is 5.34.